The number of allylic oxidation sites excluding steroid dienone is 23. The molecule has 0 aromatic carbocycles. The van der Waals surface area contributed by atoms with E-state index >= 15 is 0 Å². The summed E-state index contributed by atoms with van der Waals surface area (Å²) in [6.45, 7) is 2.61. The minimum atomic E-state index is -4.23. The average molecular weight is 724 g/mol. The Kier molecular flexibility index (Phi) is 7.11. The first-order valence-corrected chi connectivity index (χ1v) is 21.5. The van der Waals surface area contributed by atoms with E-state index < -0.39 is 6.18 Å². The lowest BCUT2D eigenvalue weighted by molar-refractivity contribution is -0.0942. The Hall–Kier alpha value is -3.53. The standard InChI is InChI=1S/C50H52F3N/c1-27-32-19-13-28(33-23-24-45-48(33)42-20-14-29-25-43(29)49(42)54(45)31-17-15-30(16-18-31)50(51,52)53)26-44(32)36-9-4-5-10-37(36)46(27)41-22-21-40-35-8-3-2-7-34(35)38-11-6-12-39(41)47(38)40/h2-4,6-9,11-15,17,19-22,26-27,29,32-37,39-41,43-48H,5,10,16,18,23-25H2,1H3/t27?,29?,32?,33?,34?,35?,36?,37?,39?,40?,41?,43?,44?,45?,46-,47?,48?/m0/s1. The Morgan fingerprint density at radius 2 is 1.54 bits per heavy atom. The van der Waals surface area contributed by atoms with E-state index in [1.54, 1.807) is 11.1 Å². The monoisotopic (exact) mass is 723 g/mol. The summed E-state index contributed by atoms with van der Waals surface area (Å²) in [6.07, 6.45) is 45.8. The Labute approximate surface area is 319 Å². The minimum absolute atomic E-state index is 0.0912. The van der Waals surface area contributed by atoms with Crippen LogP contribution in [0.5, 0.6) is 0 Å². The second kappa shape index (κ2) is 11.7. The molecule has 0 saturated heterocycles. The molecule has 0 amide bonds. The third-order valence-corrected chi connectivity index (χ3v) is 17.1. The van der Waals surface area contributed by atoms with E-state index in [-0.39, 0.29) is 12.0 Å². The predicted octanol–water partition coefficient (Wildman–Crippen LogP) is 11.8. The van der Waals surface area contributed by atoms with Gasteiger partial charge in [-0.3, -0.25) is 0 Å². The molecule has 17 atom stereocenters. The number of rotatable bonds is 3. The normalized spacial score (nSPS) is 48.2. The van der Waals surface area contributed by atoms with E-state index in [4.69, 9.17) is 0 Å². The fraction of sp³-hybridized carbons (Fsp3) is 0.520. The van der Waals surface area contributed by atoms with Gasteiger partial charge in [0.2, 0.25) is 0 Å². The molecular formula is C50H52F3N. The SMILES string of the molecule is CC1C2C=CC(C3CCC4C3C3=C(C5CC5C=C3)N4C3=CC=C(C(F)(F)F)CC3)=CC2C2C=CCCC2[C@H]1C1C=CC2C3C=CC=CC3C3=CC=CC1C32. The molecule has 4 saturated carbocycles. The van der Waals surface area contributed by atoms with Crippen molar-refractivity contribution in [1.82, 2.24) is 4.90 Å². The first-order chi connectivity index (χ1) is 26.3. The molecule has 11 aliphatic carbocycles. The Balaban J connectivity index is 0.855. The number of alkyl halides is 3. The van der Waals surface area contributed by atoms with Crippen molar-refractivity contribution >= 4 is 0 Å². The van der Waals surface area contributed by atoms with Gasteiger partial charge in [0.05, 0.1) is 0 Å². The Morgan fingerprint density at radius 1 is 0.685 bits per heavy atom. The number of halogens is 3. The highest BCUT2D eigenvalue weighted by molar-refractivity contribution is 5.50. The molecule has 0 aromatic rings. The maximum absolute atomic E-state index is 13.6. The number of hydrogen-bond donors (Lipinski definition) is 0. The molecule has 12 rings (SSSR count). The molecule has 278 valence electrons. The molecule has 12 aliphatic rings. The molecule has 1 aliphatic heterocycles. The van der Waals surface area contributed by atoms with E-state index in [0.717, 1.165) is 18.5 Å². The molecule has 0 aromatic heterocycles. The smallest absolute Gasteiger partial charge is 0.344 e. The van der Waals surface area contributed by atoms with Gasteiger partial charge >= 0.3 is 6.18 Å². The Bertz CT molecular complexity index is 2040. The van der Waals surface area contributed by atoms with Crippen LogP contribution in [0.15, 0.2) is 143 Å². The highest BCUT2D eigenvalue weighted by atomic mass is 19.4. The molecule has 1 nitrogen and oxygen atoms in total. The molecule has 4 heteroatoms. The van der Waals surface area contributed by atoms with Crippen LogP contribution in [0.2, 0.25) is 0 Å². The molecule has 0 N–H and O–H groups in total. The van der Waals surface area contributed by atoms with E-state index in [1.165, 1.54) is 36.6 Å². The van der Waals surface area contributed by atoms with E-state index in [1.807, 2.05) is 6.08 Å². The van der Waals surface area contributed by atoms with Gasteiger partial charge in [0.25, 0.3) is 0 Å². The molecule has 4 fully saturated rings. The van der Waals surface area contributed by atoms with Crippen molar-refractivity contribution in [2.24, 2.45) is 94.7 Å². The van der Waals surface area contributed by atoms with Gasteiger partial charge in [-0.25, -0.2) is 0 Å². The van der Waals surface area contributed by atoms with Gasteiger partial charge < -0.3 is 4.90 Å². The zero-order valence-electron chi connectivity index (χ0n) is 31.2. The second-order valence-electron chi connectivity index (χ2n) is 19.1. The molecule has 0 bridgehead atoms. The van der Waals surface area contributed by atoms with Crippen molar-refractivity contribution in [3.63, 3.8) is 0 Å². The minimum Gasteiger partial charge on any atom is -0.344 e. The predicted molar refractivity (Wildman–Crippen MR) is 209 cm³/mol. The van der Waals surface area contributed by atoms with Crippen LogP contribution in [0.25, 0.3) is 0 Å². The van der Waals surface area contributed by atoms with Crippen LogP contribution >= 0.6 is 0 Å². The third kappa shape index (κ3) is 4.58. The van der Waals surface area contributed by atoms with Crippen LogP contribution in [0, 0.1) is 94.7 Å². The fourth-order valence-electron chi connectivity index (χ4n) is 15.0. The lowest BCUT2D eigenvalue weighted by atomic mass is 9.49. The van der Waals surface area contributed by atoms with Crippen LogP contribution in [-0.2, 0) is 0 Å². The summed E-state index contributed by atoms with van der Waals surface area (Å²) in [5, 5.41) is 0. The molecule has 0 spiro atoms. The lowest BCUT2D eigenvalue weighted by Crippen LogP contribution is -2.50. The maximum Gasteiger partial charge on any atom is 0.412 e. The van der Waals surface area contributed by atoms with E-state index in [0.29, 0.717) is 107 Å². The lowest BCUT2D eigenvalue weighted by Gasteiger charge is -2.55. The second-order valence-corrected chi connectivity index (χ2v) is 19.1. The van der Waals surface area contributed by atoms with Crippen LogP contribution in [-0.4, -0.2) is 17.1 Å². The van der Waals surface area contributed by atoms with Gasteiger partial charge in [0.15, 0.2) is 0 Å². The van der Waals surface area contributed by atoms with E-state index in [9.17, 15) is 13.2 Å². The zero-order chi connectivity index (χ0) is 36.0. The van der Waals surface area contributed by atoms with Crippen molar-refractivity contribution in [1.29, 1.82) is 0 Å². The summed E-state index contributed by atoms with van der Waals surface area (Å²) < 4.78 is 40.8. The number of nitrogens with zero attached hydrogens (tertiary/aromatic N) is 1. The molecule has 0 radical (unpaired) electrons. The molecule has 54 heavy (non-hydrogen) atoms. The third-order valence-electron chi connectivity index (χ3n) is 17.1. The van der Waals surface area contributed by atoms with Gasteiger partial charge in [-0.15, -0.1) is 0 Å². The van der Waals surface area contributed by atoms with Crippen molar-refractivity contribution < 1.29 is 13.2 Å². The first-order valence-electron chi connectivity index (χ1n) is 21.5. The summed E-state index contributed by atoms with van der Waals surface area (Å²) in [4.78, 5) is 2.58. The fourth-order valence-corrected chi connectivity index (χ4v) is 15.0. The highest BCUT2D eigenvalue weighted by Gasteiger charge is 2.58. The highest BCUT2D eigenvalue weighted by Crippen LogP contribution is 2.65. The van der Waals surface area contributed by atoms with Crippen molar-refractivity contribution in [2.75, 3.05) is 0 Å². The van der Waals surface area contributed by atoms with Gasteiger partial charge in [-0.05, 0) is 139 Å². The van der Waals surface area contributed by atoms with E-state index in [2.05, 4.69) is 109 Å². The average Bonchev–Trinajstić information content (AvgIpc) is 3.59. The van der Waals surface area contributed by atoms with Crippen molar-refractivity contribution in [3.8, 4) is 0 Å². The molecule has 1 heterocycles. The van der Waals surface area contributed by atoms with Crippen LogP contribution in [0.4, 0.5) is 13.2 Å². The topological polar surface area (TPSA) is 3.24 Å². The van der Waals surface area contributed by atoms with Gasteiger partial charge in [0.1, 0.15) is 0 Å². The summed E-state index contributed by atoms with van der Waals surface area (Å²) in [6, 6.07) is 0.356. The zero-order valence-corrected chi connectivity index (χ0v) is 31.2. The van der Waals surface area contributed by atoms with Gasteiger partial charge in [-0.2, -0.15) is 13.2 Å². The largest absolute Gasteiger partial charge is 0.412 e. The van der Waals surface area contributed by atoms with Crippen LogP contribution in [0.1, 0.15) is 51.9 Å². The summed E-state index contributed by atoms with van der Waals surface area (Å²) in [7, 11) is 0. The maximum atomic E-state index is 13.6. The van der Waals surface area contributed by atoms with Gasteiger partial charge in [0, 0.05) is 40.8 Å². The molecule has 16 unspecified atom stereocenters. The number of fused-ring (bicyclic) bond motifs is 10. The Morgan fingerprint density at radius 3 is 2.41 bits per heavy atom. The number of hydrogen-bond acceptors (Lipinski definition) is 1. The van der Waals surface area contributed by atoms with Crippen molar-refractivity contribution in [2.45, 2.75) is 64.1 Å². The van der Waals surface area contributed by atoms with Crippen molar-refractivity contribution in [3.05, 3.63) is 143 Å². The van der Waals surface area contributed by atoms with Gasteiger partial charge in [-0.1, -0.05) is 116 Å². The quantitative estimate of drug-likeness (QED) is 0.262. The van der Waals surface area contributed by atoms with Crippen LogP contribution < -0.4 is 0 Å². The molecular weight excluding hydrogens is 672 g/mol. The summed E-state index contributed by atoms with van der Waals surface area (Å²) in [5.74, 6) is 9.28. The summed E-state index contributed by atoms with van der Waals surface area (Å²) in [5.41, 5.74) is 6.93. The first kappa shape index (κ1) is 32.7. The summed E-state index contributed by atoms with van der Waals surface area (Å²) >= 11 is 0. The van der Waals surface area contributed by atoms with Crippen LogP contribution in [0.3, 0.4) is 0 Å².